The highest BCUT2D eigenvalue weighted by Crippen LogP contribution is 2.52. The number of fused-ring (bicyclic) bond motifs is 1. The average Bonchev–Trinajstić information content (AvgIpc) is 2.69. The maximum atomic E-state index is 12.6. The number of rotatable bonds is 6. The molecule has 0 aromatic heterocycles. The molecule has 2 aliphatic carbocycles. The maximum Gasteiger partial charge on any atom is 0.223 e. The molecular weight excluding hydrogens is 338 g/mol. The normalized spacial score (nSPS) is 29.8. The molecule has 1 atom stereocenters. The number of methoxy groups -OCH3 is 2. The van der Waals surface area contributed by atoms with Gasteiger partial charge >= 0.3 is 0 Å². The molecule has 0 spiro atoms. The fourth-order valence-electron chi connectivity index (χ4n) is 5.17. The molecule has 1 amide bonds. The summed E-state index contributed by atoms with van der Waals surface area (Å²) < 4.78 is 11.6. The van der Waals surface area contributed by atoms with Crippen molar-refractivity contribution in [3.8, 4) is 0 Å². The number of ether oxygens (including phenoxy) is 2. The van der Waals surface area contributed by atoms with Crippen molar-refractivity contribution in [2.45, 2.75) is 70.5 Å². The summed E-state index contributed by atoms with van der Waals surface area (Å²) in [7, 11) is 3.58. The van der Waals surface area contributed by atoms with Gasteiger partial charge in [0.2, 0.25) is 5.91 Å². The van der Waals surface area contributed by atoms with E-state index in [1.165, 1.54) is 11.1 Å². The van der Waals surface area contributed by atoms with E-state index in [1.807, 2.05) is 7.11 Å². The molecule has 1 saturated carbocycles. The van der Waals surface area contributed by atoms with E-state index in [2.05, 4.69) is 43.4 Å². The molecule has 2 aliphatic rings. The number of aryl methyl sites for hydroxylation is 1. The van der Waals surface area contributed by atoms with Crippen LogP contribution in [0.1, 0.15) is 63.5 Å². The zero-order valence-electron chi connectivity index (χ0n) is 17.3. The van der Waals surface area contributed by atoms with Gasteiger partial charge in [-0.25, -0.2) is 0 Å². The Morgan fingerprint density at radius 1 is 1.15 bits per heavy atom. The van der Waals surface area contributed by atoms with Gasteiger partial charge < -0.3 is 14.8 Å². The molecule has 4 nitrogen and oxygen atoms in total. The van der Waals surface area contributed by atoms with Gasteiger partial charge in [-0.05, 0) is 61.5 Å². The van der Waals surface area contributed by atoms with E-state index in [-0.39, 0.29) is 22.8 Å². The molecule has 1 fully saturated rings. The molecule has 150 valence electrons. The Morgan fingerprint density at radius 2 is 1.85 bits per heavy atom. The predicted octanol–water partition coefficient (Wildman–Crippen LogP) is 4.21. The highest BCUT2D eigenvalue weighted by atomic mass is 16.5. The van der Waals surface area contributed by atoms with Crippen LogP contribution in [0, 0.1) is 11.3 Å². The number of carbonyl (C=O) groups is 1. The van der Waals surface area contributed by atoms with Crippen LogP contribution in [-0.2, 0) is 26.3 Å². The summed E-state index contributed by atoms with van der Waals surface area (Å²) in [6, 6.07) is 8.62. The minimum atomic E-state index is -0.358. The van der Waals surface area contributed by atoms with Crippen LogP contribution in [0.4, 0.5) is 0 Å². The van der Waals surface area contributed by atoms with Crippen LogP contribution in [0.3, 0.4) is 0 Å². The number of hydrogen-bond donors (Lipinski definition) is 1. The standard InChI is InChI=1S/C23H35NO3/c1-22(2)14-13-17-7-5-6-8-20(17)23(22,27-4)15-16-24-21(25)18-9-11-19(26-3)12-10-18/h5-8,18-19H,9-16H2,1-4H3,(H,24,25). The Hall–Kier alpha value is -1.39. The Labute approximate surface area is 164 Å². The van der Waals surface area contributed by atoms with Crippen LogP contribution in [0.25, 0.3) is 0 Å². The van der Waals surface area contributed by atoms with Gasteiger partial charge in [0.25, 0.3) is 0 Å². The second-order valence-corrected chi connectivity index (χ2v) is 8.82. The van der Waals surface area contributed by atoms with Crippen LogP contribution in [0.5, 0.6) is 0 Å². The third-order valence-corrected chi connectivity index (χ3v) is 7.07. The third kappa shape index (κ3) is 3.93. The van der Waals surface area contributed by atoms with Crippen LogP contribution in [-0.4, -0.2) is 32.8 Å². The Bertz CT molecular complexity index is 649. The lowest BCUT2D eigenvalue weighted by molar-refractivity contribution is -0.131. The molecule has 0 saturated heterocycles. The van der Waals surface area contributed by atoms with Gasteiger partial charge in [-0.1, -0.05) is 38.1 Å². The molecule has 0 heterocycles. The van der Waals surface area contributed by atoms with Gasteiger partial charge in [0, 0.05) is 26.7 Å². The largest absolute Gasteiger partial charge is 0.381 e. The minimum Gasteiger partial charge on any atom is -0.381 e. The van der Waals surface area contributed by atoms with E-state index in [0.29, 0.717) is 12.6 Å². The first-order valence-electron chi connectivity index (χ1n) is 10.4. The first-order chi connectivity index (χ1) is 12.9. The predicted molar refractivity (Wildman–Crippen MR) is 108 cm³/mol. The summed E-state index contributed by atoms with van der Waals surface area (Å²) in [5.41, 5.74) is 2.33. The van der Waals surface area contributed by atoms with Crippen LogP contribution in [0.15, 0.2) is 24.3 Å². The highest BCUT2D eigenvalue weighted by molar-refractivity contribution is 5.78. The van der Waals surface area contributed by atoms with E-state index >= 15 is 0 Å². The number of benzene rings is 1. The van der Waals surface area contributed by atoms with E-state index in [9.17, 15) is 4.79 Å². The van der Waals surface area contributed by atoms with Crippen molar-refractivity contribution in [1.82, 2.24) is 5.32 Å². The van der Waals surface area contributed by atoms with Crippen molar-refractivity contribution in [2.24, 2.45) is 11.3 Å². The number of hydrogen-bond acceptors (Lipinski definition) is 3. The summed E-state index contributed by atoms with van der Waals surface area (Å²) in [6.45, 7) is 5.23. The highest BCUT2D eigenvalue weighted by Gasteiger charge is 2.49. The van der Waals surface area contributed by atoms with Gasteiger partial charge in [0.1, 0.15) is 0 Å². The summed E-state index contributed by atoms with van der Waals surface area (Å²) >= 11 is 0. The van der Waals surface area contributed by atoms with Gasteiger partial charge in [0.15, 0.2) is 0 Å². The Balaban J connectivity index is 1.66. The van der Waals surface area contributed by atoms with Gasteiger partial charge in [0.05, 0.1) is 11.7 Å². The molecule has 27 heavy (non-hydrogen) atoms. The third-order valence-electron chi connectivity index (χ3n) is 7.07. The summed E-state index contributed by atoms with van der Waals surface area (Å²) in [4.78, 5) is 12.6. The molecule has 0 aliphatic heterocycles. The molecule has 1 unspecified atom stereocenters. The summed E-state index contributed by atoms with van der Waals surface area (Å²) in [6.07, 6.45) is 7.12. The van der Waals surface area contributed by atoms with Crippen molar-refractivity contribution in [2.75, 3.05) is 20.8 Å². The van der Waals surface area contributed by atoms with Gasteiger partial charge in [-0.15, -0.1) is 0 Å². The van der Waals surface area contributed by atoms with E-state index in [1.54, 1.807) is 7.11 Å². The topological polar surface area (TPSA) is 47.6 Å². The molecule has 1 aromatic rings. The monoisotopic (exact) mass is 373 g/mol. The molecular formula is C23H35NO3. The fourth-order valence-corrected chi connectivity index (χ4v) is 5.17. The smallest absolute Gasteiger partial charge is 0.223 e. The Morgan fingerprint density at radius 3 is 2.52 bits per heavy atom. The number of amides is 1. The van der Waals surface area contributed by atoms with Gasteiger partial charge in [-0.3, -0.25) is 4.79 Å². The Kier molecular flexibility index (Phi) is 6.27. The van der Waals surface area contributed by atoms with E-state index in [4.69, 9.17) is 9.47 Å². The van der Waals surface area contributed by atoms with E-state index < -0.39 is 0 Å². The first-order valence-corrected chi connectivity index (χ1v) is 10.4. The van der Waals surface area contributed by atoms with Crippen molar-refractivity contribution in [3.05, 3.63) is 35.4 Å². The fraction of sp³-hybridized carbons (Fsp3) is 0.696. The van der Waals surface area contributed by atoms with Crippen molar-refractivity contribution < 1.29 is 14.3 Å². The van der Waals surface area contributed by atoms with Crippen LogP contribution in [0.2, 0.25) is 0 Å². The second-order valence-electron chi connectivity index (χ2n) is 8.82. The van der Waals surface area contributed by atoms with Crippen LogP contribution < -0.4 is 5.32 Å². The summed E-state index contributed by atoms with van der Waals surface area (Å²) in [5, 5.41) is 3.20. The molecule has 1 aromatic carbocycles. The summed E-state index contributed by atoms with van der Waals surface area (Å²) in [5.74, 6) is 0.319. The minimum absolute atomic E-state index is 0.0252. The number of carbonyl (C=O) groups excluding carboxylic acids is 1. The van der Waals surface area contributed by atoms with Crippen molar-refractivity contribution in [1.29, 1.82) is 0 Å². The zero-order chi connectivity index (χ0) is 19.5. The lowest BCUT2D eigenvalue weighted by Crippen LogP contribution is -2.49. The second kappa shape index (κ2) is 8.32. The maximum absolute atomic E-state index is 12.6. The molecule has 3 rings (SSSR count). The SMILES string of the molecule is COC1CCC(C(=O)NCCC2(OC)c3ccccc3CCC2(C)C)CC1. The molecule has 4 heteroatoms. The number of nitrogens with one attached hydrogen (secondary N) is 1. The van der Waals surface area contributed by atoms with Crippen LogP contribution >= 0.6 is 0 Å². The van der Waals surface area contributed by atoms with Crippen molar-refractivity contribution in [3.63, 3.8) is 0 Å². The molecule has 1 N–H and O–H groups in total. The quantitative estimate of drug-likeness (QED) is 0.812. The zero-order valence-corrected chi connectivity index (χ0v) is 17.3. The van der Waals surface area contributed by atoms with Gasteiger partial charge in [-0.2, -0.15) is 0 Å². The molecule has 0 radical (unpaired) electrons. The molecule has 0 bridgehead atoms. The average molecular weight is 374 g/mol. The first kappa shape index (κ1) is 20.3. The van der Waals surface area contributed by atoms with E-state index in [0.717, 1.165) is 44.9 Å². The lowest BCUT2D eigenvalue weighted by atomic mass is 9.61. The lowest BCUT2D eigenvalue weighted by Gasteiger charge is -2.50. The van der Waals surface area contributed by atoms with Crippen molar-refractivity contribution >= 4 is 5.91 Å².